The van der Waals surface area contributed by atoms with Gasteiger partial charge >= 0.3 is 0 Å². The lowest BCUT2D eigenvalue weighted by atomic mass is 10.4. The second-order valence-corrected chi connectivity index (χ2v) is 5.31. The zero-order valence-corrected chi connectivity index (χ0v) is 9.18. The molecule has 64 valence electrons. The van der Waals surface area contributed by atoms with Crippen molar-refractivity contribution in [3.05, 3.63) is 11.3 Å². The average molecular weight is 169 g/mol. The van der Waals surface area contributed by atoms with Gasteiger partial charge in [0.1, 0.15) is 0 Å². The van der Waals surface area contributed by atoms with Crippen LogP contribution in [0.4, 0.5) is 0 Å². The van der Waals surface area contributed by atoms with E-state index in [1.165, 1.54) is 37.7 Å². The summed E-state index contributed by atoms with van der Waals surface area (Å²) >= 11 is 0. The molecule has 0 bridgehead atoms. The lowest BCUT2D eigenvalue weighted by Crippen LogP contribution is -1.99. The zero-order chi connectivity index (χ0) is 8.10. The Morgan fingerprint density at radius 3 is 2.73 bits per heavy atom. The number of nitrogens with zero attached hydrogens (tertiary/aromatic N) is 1. The Morgan fingerprint density at radius 1 is 1.45 bits per heavy atom. The van der Waals surface area contributed by atoms with Crippen molar-refractivity contribution >= 4 is 9.52 Å². The zero-order valence-electron chi connectivity index (χ0n) is 7.77. The van der Waals surface area contributed by atoms with Gasteiger partial charge in [0, 0.05) is 22.6 Å². The quantitative estimate of drug-likeness (QED) is 0.339. The maximum atomic E-state index is 2.51. The minimum Gasteiger partial charge on any atom is -0.301 e. The molecule has 0 radical (unpaired) electrons. The first-order chi connectivity index (χ1) is 5.29. The van der Waals surface area contributed by atoms with E-state index in [9.17, 15) is 0 Å². The first-order valence-electron chi connectivity index (χ1n) is 4.65. The van der Waals surface area contributed by atoms with Crippen LogP contribution < -0.4 is 0 Å². The Kier molecular flexibility index (Phi) is 3.87. The number of allylic oxidation sites excluding steroid dienone is 1. The molecule has 0 amide bonds. The molecule has 0 aromatic carbocycles. The molecule has 1 saturated heterocycles. The topological polar surface area (TPSA) is 3.01 Å². The van der Waals surface area contributed by atoms with Crippen molar-refractivity contribution < 1.29 is 0 Å². The van der Waals surface area contributed by atoms with Crippen LogP contribution in [-0.2, 0) is 0 Å². The third kappa shape index (κ3) is 5.22. The van der Waals surface area contributed by atoms with Crippen LogP contribution in [0, 0.1) is 0 Å². The molecule has 0 aliphatic carbocycles. The number of hydrogen-bond donors (Lipinski definition) is 0. The highest BCUT2D eigenvalue weighted by molar-refractivity contribution is 6.42. The summed E-state index contributed by atoms with van der Waals surface area (Å²) in [5, 5.41) is 0. The van der Waals surface area contributed by atoms with Crippen LogP contribution in [0.25, 0.3) is 0 Å². The molecule has 1 nitrogen and oxygen atoms in total. The summed E-state index contributed by atoms with van der Waals surface area (Å²) < 4.78 is 0. The minimum absolute atomic E-state index is 0.160. The minimum atomic E-state index is 0.160. The lowest BCUT2D eigenvalue weighted by Gasteiger charge is -1.97. The summed E-state index contributed by atoms with van der Waals surface area (Å²) in [6.45, 7) is 8.51. The van der Waals surface area contributed by atoms with E-state index in [4.69, 9.17) is 0 Å². The van der Waals surface area contributed by atoms with Gasteiger partial charge in [-0.25, -0.2) is 0 Å². The van der Waals surface area contributed by atoms with Gasteiger partial charge in [-0.2, -0.15) is 0 Å². The Hall–Kier alpha value is -0.0831. The predicted molar refractivity (Wildman–Crippen MR) is 53.8 cm³/mol. The van der Waals surface area contributed by atoms with Crippen molar-refractivity contribution in [1.29, 1.82) is 0 Å². The first kappa shape index (κ1) is 9.01. The van der Waals surface area contributed by atoms with E-state index >= 15 is 0 Å². The van der Waals surface area contributed by atoms with Gasteiger partial charge in [-0.3, -0.25) is 0 Å². The van der Waals surface area contributed by atoms with Gasteiger partial charge in [0.15, 0.2) is 0 Å². The van der Waals surface area contributed by atoms with Crippen molar-refractivity contribution in [3.8, 4) is 0 Å². The molecule has 2 heteroatoms. The molecule has 11 heavy (non-hydrogen) atoms. The van der Waals surface area contributed by atoms with Gasteiger partial charge in [0.05, 0.1) is 0 Å². The van der Waals surface area contributed by atoms with Crippen LogP contribution >= 0.6 is 0 Å². The van der Waals surface area contributed by atoms with Crippen LogP contribution in [0.1, 0.15) is 20.3 Å². The molecule has 0 aromatic rings. The van der Waals surface area contributed by atoms with Crippen molar-refractivity contribution in [1.82, 2.24) is 4.90 Å². The molecule has 0 atom stereocenters. The van der Waals surface area contributed by atoms with E-state index in [1.807, 2.05) is 0 Å². The lowest BCUT2D eigenvalue weighted by molar-refractivity contribution is 0.551. The van der Waals surface area contributed by atoms with Crippen molar-refractivity contribution in [2.45, 2.75) is 26.3 Å². The SMILES string of the molecule is CC(C)=C[SiH2]CCCN1CC1. The standard InChI is InChI=1S/C9H19NSi/c1-9(2)8-11-7-3-4-10-5-6-10/h8H,3-7,11H2,1-2H3. The monoisotopic (exact) mass is 169 g/mol. The van der Waals surface area contributed by atoms with Crippen molar-refractivity contribution in [2.24, 2.45) is 0 Å². The Morgan fingerprint density at radius 2 is 2.18 bits per heavy atom. The second kappa shape index (κ2) is 4.73. The molecule has 1 heterocycles. The van der Waals surface area contributed by atoms with E-state index < -0.39 is 0 Å². The highest BCUT2D eigenvalue weighted by Gasteiger charge is 2.14. The number of hydrogen-bond acceptors (Lipinski definition) is 1. The molecule has 0 spiro atoms. The molecule has 1 rings (SSSR count). The predicted octanol–water partition coefficient (Wildman–Crippen LogP) is 1.20. The molecular weight excluding hydrogens is 150 g/mol. The summed E-state index contributed by atoms with van der Waals surface area (Å²) in [6, 6.07) is 1.50. The fourth-order valence-corrected chi connectivity index (χ4v) is 2.46. The van der Waals surface area contributed by atoms with Gasteiger partial charge in [-0.1, -0.05) is 11.6 Å². The van der Waals surface area contributed by atoms with Gasteiger partial charge in [-0.05, 0) is 26.8 Å². The fraction of sp³-hybridized carbons (Fsp3) is 0.778. The Labute approximate surface area is 72.3 Å². The molecule has 0 saturated carbocycles. The van der Waals surface area contributed by atoms with Crippen LogP contribution in [-0.4, -0.2) is 34.1 Å². The Bertz CT molecular complexity index is 134. The summed E-state index contributed by atoms with van der Waals surface area (Å²) in [6.07, 6.45) is 1.44. The van der Waals surface area contributed by atoms with Crippen LogP contribution in [0.3, 0.4) is 0 Å². The summed E-state index contributed by atoms with van der Waals surface area (Å²) in [7, 11) is 0.160. The first-order valence-corrected chi connectivity index (χ1v) is 6.46. The van der Waals surface area contributed by atoms with Gasteiger partial charge < -0.3 is 4.90 Å². The van der Waals surface area contributed by atoms with E-state index in [1.54, 1.807) is 0 Å². The second-order valence-electron chi connectivity index (χ2n) is 3.62. The van der Waals surface area contributed by atoms with Gasteiger partial charge in [0.25, 0.3) is 0 Å². The molecule has 0 aromatic heterocycles. The van der Waals surface area contributed by atoms with Crippen LogP contribution in [0.15, 0.2) is 11.3 Å². The van der Waals surface area contributed by atoms with Gasteiger partial charge in [0.2, 0.25) is 0 Å². The van der Waals surface area contributed by atoms with E-state index in [0.717, 1.165) is 0 Å². The number of rotatable bonds is 5. The third-order valence-corrected chi connectivity index (χ3v) is 4.03. The van der Waals surface area contributed by atoms with Crippen LogP contribution in [0.5, 0.6) is 0 Å². The molecule has 1 aliphatic heterocycles. The molecule has 1 aliphatic rings. The third-order valence-electron chi connectivity index (χ3n) is 2.02. The molecule has 0 unspecified atom stereocenters. The van der Waals surface area contributed by atoms with E-state index in [2.05, 4.69) is 24.4 Å². The maximum absolute atomic E-state index is 2.51. The largest absolute Gasteiger partial charge is 0.301 e. The smallest absolute Gasteiger partial charge is 0.0453 e. The van der Waals surface area contributed by atoms with E-state index in [0.29, 0.717) is 0 Å². The van der Waals surface area contributed by atoms with E-state index in [-0.39, 0.29) is 9.52 Å². The highest BCUT2D eigenvalue weighted by atomic mass is 28.2. The summed E-state index contributed by atoms with van der Waals surface area (Å²) in [4.78, 5) is 2.51. The Balaban J connectivity index is 1.83. The normalized spacial score (nSPS) is 17.6. The average Bonchev–Trinajstić information content (AvgIpc) is 2.70. The highest BCUT2D eigenvalue weighted by Crippen LogP contribution is 2.05. The summed E-state index contributed by atoms with van der Waals surface area (Å²) in [5.41, 5.74) is 3.99. The summed E-state index contributed by atoms with van der Waals surface area (Å²) in [5.74, 6) is 0. The van der Waals surface area contributed by atoms with Gasteiger partial charge in [-0.15, -0.1) is 5.70 Å². The molecular formula is C9H19NSi. The molecule has 0 N–H and O–H groups in total. The van der Waals surface area contributed by atoms with Crippen molar-refractivity contribution in [2.75, 3.05) is 19.6 Å². The van der Waals surface area contributed by atoms with Crippen molar-refractivity contribution in [3.63, 3.8) is 0 Å². The fourth-order valence-electron chi connectivity index (χ4n) is 1.16. The maximum Gasteiger partial charge on any atom is 0.0453 e. The molecule has 1 fully saturated rings. The van der Waals surface area contributed by atoms with Crippen LogP contribution in [0.2, 0.25) is 6.04 Å².